The summed E-state index contributed by atoms with van der Waals surface area (Å²) in [5, 5.41) is 13.9. The van der Waals surface area contributed by atoms with Gasteiger partial charge >= 0.3 is 5.97 Å². The summed E-state index contributed by atoms with van der Waals surface area (Å²) in [6.07, 6.45) is 0. The van der Waals surface area contributed by atoms with Crippen LogP contribution in [0, 0.1) is 0 Å². The van der Waals surface area contributed by atoms with E-state index < -0.39 is 12.0 Å². The van der Waals surface area contributed by atoms with E-state index in [1.165, 1.54) is 11.3 Å². The third kappa shape index (κ3) is 2.40. The number of nitrogens with two attached hydrogens (primary N) is 1. The Balaban J connectivity index is 2.73. The molecule has 0 radical (unpaired) electrons. The lowest BCUT2D eigenvalue weighted by Crippen LogP contribution is -2.20. The van der Waals surface area contributed by atoms with Crippen LogP contribution in [-0.2, 0) is 4.79 Å². The van der Waals surface area contributed by atoms with E-state index in [1.54, 1.807) is 5.38 Å². The van der Waals surface area contributed by atoms with Crippen molar-refractivity contribution in [1.29, 1.82) is 0 Å². The molecule has 1 atom stereocenters. The number of nitrogens with one attached hydrogen (secondary N) is 1. The van der Waals surface area contributed by atoms with E-state index in [4.69, 9.17) is 10.8 Å². The first-order chi connectivity index (χ1) is 6.15. The van der Waals surface area contributed by atoms with Crippen molar-refractivity contribution in [2.75, 3.05) is 11.9 Å². The smallest absolute Gasteiger partial charge is 0.326 e. The van der Waals surface area contributed by atoms with Crippen molar-refractivity contribution in [1.82, 2.24) is 4.98 Å². The predicted octanol–water partition coefficient (Wildman–Crippen LogP) is 0.659. The molecular weight excluding hydrogens is 190 g/mol. The van der Waals surface area contributed by atoms with Crippen LogP contribution in [0.1, 0.15) is 18.7 Å². The molecule has 0 aliphatic carbocycles. The van der Waals surface area contributed by atoms with Crippen LogP contribution in [0.15, 0.2) is 5.38 Å². The summed E-state index contributed by atoms with van der Waals surface area (Å²) in [5.41, 5.74) is 5.76. The molecule has 1 aromatic rings. The Hall–Kier alpha value is -1.14. The van der Waals surface area contributed by atoms with Crippen molar-refractivity contribution < 1.29 is 9.90 Å². The van der Waals surface area contributed by atoms with Gasteiger partial charge in [0.2, 0.25) is 0 Å². The topological polar surface area (TPSA) is 88.2 Å². The normalized spacial score (nSPS) is 12.5. The van der Waals surface area contributed by atoms with Gasteiger partial charge in [-0.1, -0.05) is 0 Å². The van der Waals surface area contributed by atoms with Crippen molar-refractivity contribution in [2.24, 2.45) is 5.73 Å². The second-order valence-electron chi connectivity index (χ2n) is 2.42. The van der Waals surface area contributed by atoms with Gasteiger partial charge in [-0.3, -0.25) is 4.79 Å². The van der Waals surface area contributed by atoms with Gasteiger partial charge in [0.15, 0.2) is 5.13 Å². The molecule has 72 valence electrons. The fraction of sp³-hybridized carbons (Fsp3) is 0.429. The quantitative estimate of drug-likeness (QED) is 0.666. The zero-order valence-corrected chi connectivity index (χ0v) is 7.97. The van der Waals surface area contributed by atoms with Gasteiger partial charge in [0, 0.05) is 11.9 Å². The SMILES string of the molecule is CCNc1nc(C(N)C(=O)O)cs1. The maximum absolute atomic E-state index is 10.5. The minimum Gasteiger partial charge on any atom is -0.480 e. The molecule has 0 saturated carbocycles. The molecule has 0 saturated heterocycles. The fourth-order valence-electron chi connectivity index (χ4n) is 0.788. The Bertz CT molecular complexity index is 300. The number of hydrogen-bond acceptors (Lipinski definition) is 5. The van der Waals surface area contributed by atoms with Gasteiger partial charge in [0.05, 0.1) is 5.69 Å². The molecule has 1 rings (SSSR count). The van der Waals surface area contributed by atoms with Crippen molar-refractivity contribution >= 4 is 22.4 Å². The van der Waals surface area contributed by atoms with Crippen molar-refractivity contribution in [2.45, 2.75) is 13.0 Å². The van der Waals surface area contributed by atoms with Crippen LogP contribution in [-0.4, -0.2) is 22.6 Å². The number of thiazole rings is 1. The van der Waals surface area contributed by atoms with E-state index in [1.807, 2.05) is 6.92 Å². The molecule has 0 amide bonds. The van der Waals surface area contributed by atoms with Gasteiger partial charge in [0.1, 0.15) is 6.04 Å². The maximum Gasteiger partial charge on any atom is 0.326 e. The molecule has 1 heterocycles. The fourth-order valence-corrected chi connectivity index (χ4v) is 1.61. The highest BCUT2D eigenvalue weighted by Crippen LogP contribution is 2.19. The molecule has 5 nitrogen and oxygen atoms in total. The molecule has 6 heteroatoms. The molecule has 4 N–H and O–H groups in total. The number of aliphatic carboxylic acids is 1. The van der Waals surface area contributed by atoms with Crippen molar-refractivity contribution in [3.05, 3.63) is 11.1 Å². The predicted molar refractivity (Wildman–Crippen MR) is 50.8 cm³/mol. The van der Waals surface area contributed by atoms with E-state index >= 15 is 0 Å². The average Bonchev–Trinajstić information content (AvgIpc) is 2.52. The highest BCUT2D eigenvalue weighted by Gasteiger charge is 2.17. The summed E-state index contributed by atoms with van der Waals surface area (Å²) in [7, 11) is 0. The Morgan fingerprint density at radius 3 is 3.15 bits per heavy atom. The van der Waals surface area contributed by atoms with E-state index in [9.17, 15) is 4.79 Å². The van der Waals surface area contributed by atoms with E-state index in [-0.39, 0.29) is 0 Å². The van der Waals surface area contributed by atoms with Crippen LogP contribution in [0.4, 0.5) is 5.13 Å². The highest BCUT2D eigenvalue weighted by molar-refractivity contribution is 7.13. The molecule has 0 aliphatic heterocycles. The first kappa shape index (κ1) is 9.94. The number of rotatable bonds is 4. The second kappa shape index (κ2) is 4.20. The van der Waals surface area contributed by atoms with Gasteiger partial charge in [-0.2, -0.15) is 0 Å². The third-order valence-electron chi connectivity index (χ3n) is 1.43. The maximum atomic E-state index is 10.5. The van der Waals surface area contributed by atoms with Gasteiger partial charge in [-0.05, 0) is 6.92 Å². The average molecular weight is 201 g/mol. The van der Waals surface area contributed by atoms with E-state index in [2.05, 4.69) is 10.3 Å². The van der Waals surface area contributed by atoms with Crippen LogP contribution in [0.5, 0.6) is 0 Å². The monoisotopic (exact) mass is 201 g/mol. The molecule has 0 aliphatic rings. The summed E-state index contributed by atoms with van der Waals surface area (Å²) in [6, 6.07) is -1.02. The molecule has 1 aromatic heterocycles. The molecule has 0 fully saturated rings. The van der Waals surface area contributed by atoms with E-state index in [0.29, 0.717) is 10.8 Å². The minimum atomic E-state index is -1.06. The van der Waals surface area contributed by atoms with Gasteiger partial charge < -0.3 is 16.2 Å². The van der Waals surface area contributed by atoms with Crippen LogP contribution in [0.2, 0.25) is 0 Å². The molecule has 13 heavy (non-hydrogen) atoms. The number of nitrogens with zero attached hydrogens (tertiary/aromatic N) is 1. The zero-order chi connectivity index (χ0) is 9.84. The first-order valence-electron chi connectivity index (χ1n) is 3.82. The lowest BCUT2D eigenvalue weighted by Gasteiger charge is -2.00. The number of hydrogen-bond donors (Lipinski definition) is 3. The Morgan fingerprint density at radius 1 is 1.92 bits per heavy atom. The summed E-state index contributed by atoms with van der Waals surface area (Å²) in [6.45, 7) is 2.70. The standard InChI is InChI=1S/C7H11N3O2S/c1-2-9-7-10-4(3-13-7)5(8)6(11)12/h3,5H,2,8H2,1H3,(H,9,10)(H,11,12). The number of carboxylic acids is 1. The number of aromatic nitrogens is 1. The van der Waals surface area contributed by atoms with Crippen molar-refractivity contribution in [3.63, 3.8) is 0 Å². The van der Waals surface area contributed by atoms with Crippen molar-refractivity contribution in [3.8, 4) is 0 Å². The number of carbonyl (C=O) groups is 1. The zero-order valence-electron chi connectivity index (χ0n) is 7.15. The van der Waals surface area contributed by atoms with Gasteiger partial charge in [0.25, 0.3) is 0 Å². The lowest BCUT2D eigenvalue weighted by atomic mass is 10.2. The highest BCUT2D eigenvalue weighted by atomic mass is 32.1. The molecular formula is C7H11N3O2S. The Labute approximate surface area is 79.6 Å². The van der Waals surface area contributed by atoms with Crippen LogP contribution < -0.4 is 11.1 Å². The number of carboxylic acid groups (broad SMARTS) is 1. The first-order valence-corrected chi connectivity index (χ1v) is 4.70. The number of anilines is 1. The Morgan fingerprint density at radius 2 is 2.62 bits per heavy atom. The minimum absolute atomic E-state index is 0.397. The molecule has 0 aromatic carbocycles. The third-order valence-corrected chi connectivity index (χ3v) is 2.25. The van der Waals surface area contributed by atoms with Crippen LogP contribution >= 0.6 is 11.3 Å². The molecule has 0 spiro atoms. The van der Waals surface area contributed by atoms with Crippen LogP contribution in [0.25, 0.3) is 0 Å². The largest absolute Gasteiger partial charge is 0.480 e. The summed E-state index contributed by atoms with van der Waals surface area (Å²) < 4.78 is 0. The Kier molecular flexibility index (Phi) is 3.21. The second-order valence-corrected chi connectivity index (χ2v) is 3.28. The molecule has 1 unspecified atom stereocenters. The van der Waals surface area contributed by atoms with E-state index in [0.717, 1.165) is 6.54 Å². The summed E-state index contributed by atoms with van der Waals surface area (Å²) >= 11 is 1.35. The molecule has 0 bridgehead atoms. The summed E-state index contributed by atoms with van der Waals surface area (Å²) in [5.74, 6) is -1.06. The van der Waals surface area contributed by atoms with Crippen LogP contribution in [0.3, 0.4) is 0 Å². The lowest BCUT2D eigenvalue weighted by molar-refractivity contribution is -0.138. The van der Waals surface area contributed by atoms with Gasteiger partial charge in [-0.25, -0.2) is 4.98 Å². The summed E-state index contributed by atoms with van der Waals surface area (Å²) in [4.78, 5) is 14.5. The van der Waals surface area contributed by atoms with Gasteiger partial charge in [-0.15, -0.1) is 11.3 Å².